The lowest BCUT2D eigenvalue weighted by atomic mass is 9.96. The van der Waals surface area contributed by atoms with Gasteiger partial charge in [-0.05, 0) is 24.6 Å². The maximum atomic E-state index is 13.7. The summed E-state index contributed by atoms with van der Waals surface area (Å²) in [4.78, 5) is 20.9. The van der Waals surface area contributed by atoms with Crippen LogP contribution in [0.5, 0.6) is 0 Å². The molecule has 2 heterocycles. The maximum absolute atomic E-state index is 13.7. The molecule has 1 aliphatic heterocycles. The van der Waals surface area contributed by atoms with Gasteiger partial charge in [0.05, 0.1) is 6.54 Å². The first-order chi connectivity index (χ1) is 12.2. The second-order valence-corrected chi connectivity index (χ2v) is 7.79. The number of nitrogens with zero attached hydrogens (tertiary/aromatic N) is 4. The normalized spacial score (nSPS) is 16.1. The summed E-state index contributed by atoms with van der Waals surface area (Å²) >= 11 is 0. The highest BCUT2D eigenvalue weighted by Gasteiger charge is 2.25. The van der Waals surface area contributed by atoms with Gasteiger partial charge in [0, 0.05) is 37.2 Å². The van der Waals surface area contributed by atoms with Crippen molar-refractivity contribution in [1.82, 2.24) is 19.9 Å². The number of aromatic nitrogens is 2. The van der Waals surface area contributed by atoms with Gasteiger partial charge in [0.2, 0.25) is 5.89 Å². The second kappa shape index (κ2) is 7.15. The van der Waals surface area contributed by atoms with Crippen molar-refractivity contribution in [2.75, 3.05) is 26.2 Å². The minimum Gasteiger partial charge on any atom is -0.338 e. The minimum atomic E-state index is -0.347. The highest BCUT2D eigenvalue weighted by molar-refractivity contribution is 5.94. The average molecular weight is 360 g/mol. The number of piperazine rings is 1. The quantitative estimate of drug-likeness (QED) is 0.842. The molecule has 7 heteroatoms. The molecule has 1 aromatic heterocycles. The third-order valence-corrected chi connectivity index (χ3v) is 4.58. The molecule has 0 radical (unpaired) electrons. The molecule has 140 valence electrons. The predicted octanol–water partition coefficient (Wildman–Crippen LogP) is 2.77. The first-order valence-electron chi connectivity index (χ1n) is 8.85. The van der Waals surface area contributed by atoms with Gasteiger partial charge in [0.1, 0.15) is 5.82 Å². The van der Waals surface area contributed by atoms with E-state index in [0.29, 0.717) is 55.6 Å². The van der Waals surface area contributed by atoms with Crippen LogP contribution in [0.3, 0.4) is 0 Å². The van der Waals surface area contributed by atoms with Crippen LogP contribution in [0.25, 0.3) is 0 Å². The molecular formula is C19H25FN4O2. The Morgan fingerprint density at radius 1 is 1.23 bits per heavy atom. The summed E-state index contributed by atoms with van der Waals surface area (Å²) in [6, 6.07) is 4.64. The molecule has 3 rings (SSSR count). The van der Waals surface area contributed by atoms with Crippen molar-refractivity contribution in [3.63, 3.8) is 0 Å². The molecular weight excluding hydrogens is 335 g/mol. The molecule has 1 aromatic carbocycles. The zero-order valence-corrected chi connectivity index (χ0v) is 15.8. The largest absolute Gasteiger partial charge is 0.338 e. The van der Waals surface area contributed by atoms with Gasteiger partial charge in [0.25, 0.3) is 5.91 Å². The summed E-state index contributed by atoms with van der Waals surface area (Å²) in [7, 11) is 0. The fraction of sp³-hybridized carbons (Fsp3) is 0.526. The van der Waals surface area contributed by atoms with Crippen molar-refractivity contribution in [2.24, 2.45) is 0 Å². The van der Waals surface area contributed by atoms with E-state index in [1.807, 2.05) is 20.8 Å². The number of aryl methyl sites for hydroxylation is 1. The lowest BCUT2D eigenvalue weighted by Gasteiger charge is -2.34. The van der Waals surface area contributed by atoms with E-state index in [1.54, 1.807) is 24.0 Å². The zero-order chi connectivity index (χ0) is 18.9. The summed E-state index contributed by atoms with van der Waals surface area (Å²) in [6.07, 6.45) is 0. The molecule has 26 heavy (non-hydrogen) atoms. The van der Waals surface area contributed by atoms with Gasteiger partial charge in [-0.25, -0.2) is 4.39 Å². The monoisotopic (exact) mass is 360 g/mol. The maximum Gasteiger partial charge on any atom is 0.254 e. The molecule has 6 nitrogen and oxygen atoms in total. The van der Waals surface area contributed by atoms with Crippen LogP contribution in [0.4, 0.5) is 4.39 Å². The third kappa shape index (κ3) is 4.09. The Labute approximate surface area is 153 Å². The number of hydrogen-bond donors (Lipinski definition) is 0. The van der Waals surface area contributed by atoms with Gasteiger partial charge in [-0.2, -0.15) is 4.98 Å². The molecule has 0 bridgehead atoms. The van der Waals surface area contributed by atoms with E-state index in [2.05, 4.69) is 15.0 Å². The Morgan fingerprint density at radius 2 is 1.92 bits per heavy atom. The predicted molar refractivity (Wildman–Crippen MR) is 95.3 cm³/mol. The van der Waals surface area contributed by atoms with Crippen LogP contribution in [-0.4, -0.2) is 52.0 Å². The molecule has 0 unspecified atom stereocenters. The number of benzene rings is 1. The Bertz CT molecular complexity index is 789. The second-order valence-electron chi connectivity index (χ2n) is 7.79. The highest BCUT2D eigenvalue weighted by atomic mass is 19.1. The Hall–Kier alpha value is -2.28. The minimum absolute atomic E-state index is 0.128. The lowest BCUT2D eigenvalue weighted by molar-refractivity contribution is 0.0614. The summed E-state index contributed by atoms with van der Waals surface area (Å²) < 4.78 is 19.0. The number of carbonyl (C=O) groups excluding carboxylic acids is 1. The number of hydrogen-bond acceptors (Lipinski definition) is 5. The van der Waals surface area contributed by atoms with Crippen LogP contribution in [0.1, 0.15) is 48.4 Å². The van der Waals surface area contributed by atoms with Crippen LogP contribution in [-0.2, 0) is 12.0 Å². The standard InChI is InChI=1S/C19H25FN4O2/c1-13-5-6-14(11-15(13)20)17(25)24-9-7-23(8-10-24)12-16-21-18(22-26-16)19(2,3)4/h5-6,11H,7-10,12H2,1-4H3. The van der Waals surface area contributed by atoms with E-state index in [0.717, 1.165) is 0 Å². The van der Waals surface area contributed by atoms with Crippen LogP contribution >= 0.6 is 0 Å². The Balaban J connectivity index is 1.56. The summed E-state index contributed by atoms with van der Waals surface area (Å²) in [5, 5.41) is 4.04. The lowest BCUT2D eigenvalue weighted by Crippen LogP contribution is -2.48. The third-order valence-electron chi connectivity index (χ3n) is 4.58. The number of amides is 1. The van der Waals surface area contributed by atoms with Crippen LogP contribution < -0.4 is 0 Å². The summed E-state index contributed by atoms with van der Waals surface area (Å²) in [5.41, 5.74) is 0.796. The van der Waals surface area contributed by atoms with Crippen molar-refractivity contribution >= 4 is 5.91 Å². The van der Waals surface area contributed by atoms with Gasteiger partial charge >= 0.3 is 0 Å². The molecule has 0 spiro atoms. The van der Waals surface area contributed by atoms with Gasteiger partial charge in [-0.1, -0.05) is 32.0 Å². The van der Waals surface area contributed by atoms with Crippen molar-refractivity contribution in [3.05, 3.63) is 46.9 Å². The molecule has 0 N–H and O–H groups in total. The first-order valence-corrected chi connectivity index (χ1v) is 8.85. The number of carbonyl (C=O) groups is 1. The molecule has 0 atom stereocenters. The fourth-order valence-corrected chi connectivity index (χ4v) is 2.83. The Morgan fingerprint density at radius 3 is 2.50 bits per heavy atom. The van der Waals surface area contributed by atoms with E-state index < -0.39 is 0 Å². The molecule has 1 aliphatic rings. The van der Waals surface area contributed by atoms with Crippen molar-refractivity contribution < 1.29 is 13.7 Å². The molecule has 1 amide bonds. The van der Waals surface area contributed by atoms with E-state index in [9.17, 15) is 9.18 Å². The van der Waals surface area contributed by atoms with Crippen LogP contribution in [0.15, 0.2) is 22.7 Å². The number of rotatable bonds is 3. The van der Waals surface area contributed by atoms with Crippen LogP contribution in [0, 0.1) is 12.7 Å². The van der Waals surface area contributed by atoms with Gasteiger partial charge in [-0.3, -0.25) is 9.69 Å². The first kappa shape index (κ1) is 18.5. The molecule has 0 aliphatic carbocycles. The molecule has 0 saturated carbocycles. The van der Waals surface area contributed by atoms with Crippen molar-refractivity contribution in [1.29, 1.82) is 0 Å². The smallest absolute Gasteiger partial charge is 0.254 e. The van der Waals surface area contributed by atoms with E-state index in [-0.39, 0.29) is 17.1 Å². The number of halogens is 1. The highest BCUT2D eigenvalue weighted by Crippen LogP contribution is 2.19. The van der Waals surface area contributed by atoms with Crippen molar-refractivity contribution in [2.45, 2.75) is 39.7 Å². The van der Waals surface area contributed by atoms with Gasteiger partial charge in [0.15, 0.2) is 5.82 Å². The average Bonchev–Trinajstić information content (AvgIpc) is 3.06. The summed E-state index contributed by atoms with van der Waals surface area (Å²) in [6.45, 7) is 11.0. The van der Waals surface area contributed by atoms with E-state index in [1.165, 1.54) is 6.07 Å². The van der Waals surface area contributed by atoms with Crippen molar-refractivity contribution in [3.8, 4) is 0 Å². The van der Waals surface area contributed by atoms with E-state index in [4.69, 9.17) is 4.52 Å². The van der Waals surface area contributed by atoms with E-state index >= 15 is 0 Å². The topological polar surface area (TPSA) is 62.5 Å². The van der Waals surface area contributed by atoms with Crippen LogP contribution in [0.2, 0.25) is 0 Å². The van der Waals surface area contributed by atoms with Gasteiger partial charge < -0.3 is 9.42 Å². The SMILES string of the molecule is Cc1ccc(C(=O)N2CCN(Cc3nc(C(C)(C)C)no3)CC2)cc1F. The molecule has 2 aromatic rings. The zero-order valence-electron chi connectivity index (χ0n) is 15.8. The molecule has 1 fully saturated rings. The molecule has 1 saturated heterocycles. The summed E-state index contributed by atoms with van der Waals surface area (Å²) in [5.74, 6) is 0.815. The fourth-order valence-electron chi connectivity index (χ4n) is 2.83. The Kier molecular flexibility index (Phi) is 5.09. The van der Waals surface area contributed by atoms with Gasteiger partial charge in [-0.15, -0.1) is 0 Å².